The number of halogens is 1. The Labute approximate surface area is 191 Å². The molecule has 1 aliphatic heterocycles. The van der Waals surface area contributed by atoms with Crippen LogP contribution in [0.15, 0.2) is 52.9 Å². The largest absolute Gasteiger partial charge is 0.497 e. The Morgan fingerprint density at radius 1 is 1.12 bits per heavy atom. The second-order valence-corrected chi connectivity index (χ2v) is 7.59. The standard InChI is InChI=1S/C24H21ClN4O3/c1-31-18-9-6-17(7-10-18)8-11-22-27-21(16-26)24(32-22)29-14-12-28(13-15-29)23(30)19-4-2-3-5-20(19)25/h2-11H,12-15H2,1H3/b11-8+. The Kier molecular flexibility index (Phi) is 6.43. The number of hydrogen-bond acceptors (Lipinski definition) is 6. The predicted molar refractivity (Wildman–Crippen MR) is 123 cm³/mol. The van der Waals surface area contributed by atoms with Crippen molar-refractivity contribution in [3.8, 4) is 11.8 Å². The number of aromatic nitrogens is 1. The van der Waals surface area contributed by atoms with Crippen molar-refractivity contribution in [3.05, 3.63) is 76.3 Å². The Morgan fingerprint density at radius 3 is 2.50 bits per heavy atom. The van der Waals surface area contributed by atoms with Gasteiger partial charge in [-0.3, -0.25) is 4.79 Å². The highest BCUT2D eigenvalue weighted by atomic mass is 35.5. The van der Waals surface area contributed by atoms with Crippen LogP contribution in [0.3, 0.4) is 0 Å². The van der Waals surface area contributed by atoms with Crippen LogP contribution in [0.1, 0.15) is 27.5 Å². The molecule has 1 amide bonds. The van der Waals surface area contributed by atoms with Gasteiger partial charge in [-0.25, -0.2) is 0 Å². The minimum Gasteiger partial charge on any atom is -0.497 e. The molecule has 4 rings (SSSR count). The van der Waals surface area contributed by atoms with Gasteiger partial charge >= 0.3 is 0 Å². The van der Waals surface area contributed by atoms with E-state index in [9.17, 15) is 10.1 Å². The number of ether oxygens (including phenoxy) is 1. The first-order chi connectivity index (χ1) is 15.6. The van der Waals surface area contributed by atoms with Gasteiger partial charge in [-0.05, 0) is 35.9 Å². The molecule has 0 atom stereocenters. The zero-order chi connectivity index (χ0) is 22.5. The van der Waals surface area contributed by atoms with E-state index in [1.807, 2.05) is 35.2 Å². The van der Waals surface area contributed by atoms with E-state index in [0.717, 1.165) is 11.3 Å². The van der Waals surface area contributed by atoms with E-state index in [0.29, 0.717) is 48.5 Å². The van der Waals surface area contributed by atoms with Gasteiger partial charge in [0.25, 0.3) is 5.91 Å². The zero-order valence-corrected chi connectivity index (χ0v) is 18.2. The maximum Gasteiger partial charge on any atom is 0.255 e. The molecule has 1 aromatic heterocycles. The first-order valence-corrected chi connectivity index (χ1v) is 10.5. The van der Waals surface area contributed by atoms with Crippen LogP contribution < -0.4 is 9.64 Å². The number of benzene rings is 2. The average Bonchev–Trinajstić information content (AvgIpc) is 3.26. The van der Waals surface area contributed by atoms with Crippen LogP contribution in [-0.2, 0) is 0 Å². The summed E-state index contributed by atoms with van der Waals surface area (Å²) in [6.07, 6.45) is 3.58. The van der Waals surface area contributed by atoms with Crippen molar-refractivity contribution in [2.45, 2.75) is 0 Å². The lowest BCUT2D eigenvalue weighted by Crippen LogP contribution is -2.49. The van der Waals surface area contributed by atoms with E-state index in [4.69, 9.17) is 20.8 Å². The van der Waals surface area contributed by atoms with Crippen LogP contribution in [0.2, 0.25) is 5.02 Å². The summed E-state index contributed by atoms with van der Waals surface area (Å²) < 4.78 is 11.0. The molecule has 162 valence electrons. The fourth-order valence-corrected chi connectivity index (χ4v) is 3.70. The molecule has 32 heavy (non-hydrogen) atoms. The molecule has 0 radical (unpaired) electrons. The Morgan fingerprint density at radius 2 is 1.84 bits per heavy atom. The molecule has 1 fully saturated rings. The minimum absolute atomic E-state index is 0.101. The third-order valence-corrected chi connectivity index (χ3v) is 5.55. The summed E-state index contributed by atoms with van der Waals surface area (Å²) in [5.74, 6) is 1.45. The van der Waals surface area contributed by atoms with Gasteiger partial charge in [-0.2, -0.15) is 10.2 Å². The molecule has 0 N–H and O–H groups in total. The van der Waals surface area contributed by atoms with Crippen LogP contribution in [-0.4, -0.2) is 49.1 Å². The van der Waals surface area contributed by atoms with Crippen molar-refractivity contribution < 1.29 is 13.9 Å². The molecule has 0 bridgehead atoms. The fourth-order valence-electron chi connectivity index (χ4n) is 3.49. The molecule has 8 heteroatoms. The lowest BCUT2D eigenvalue weighted by atomic mass is 10.2. The van der Waals surface area contributed by atoms with Gasteiger partial charge in [0.1, 0.15) is 11.8 Å². The number of nitrogens with zero attached hydrogens (tertiary/aromatic N) is 4. The van der Waals surface area contributed by atoms with Crippen molar-refractivity contribution in [1.29, 1.82) is 5.26 Å². The zero-order valence-electron chi connectivity index (χ0n) is 17.5. The van der Waals surface area contributed by atoms with Crippen molar-refractivity contribution in [2.75, 3.05) is 38.2 Å². The minimum atomic E-state index is -0.101. The van der Waals surface area contributed by atoms with E-state index >= 15 is 0 Å². The molecule has 0 unspecified atom stereocenters. The van der Waals surface area contributed by atoms with Crippen molar-refractivity contribution in [2.24, 2.45) is 0 Å². The van der Waals surface area contributed by atoms with E-state index in [1.165, 1.54) is 0 Å². The second kappa shape index (κ2) is 9.58. The Hall–Kier alpha value is -3.76. The highest BCUT2D eigenvalue weighted by Gasteiger charge is 2.27. The summed E-state index contributed by atoms with van der Waals surface area (Å²) in [5.41, 5.74) is 1.67. The van der Waals surface area contributed by atoms with E-state index in [2.05, 4.69) is 11.1 Å². The smallest absolute Gasteiger partial charge is 0.255 e. The number of methoxy groups -OCH3 is 1. The fraction of sp³-hybridized carbons (Fsp3) is 0.208. The Balaban J connectivity index is 1.44. The Bertz CT molecular complexity index is 1170. The summed E-state index contributed by atoms with van der Waals surface area (Å²) in [4.78, 5) is 20.7. The summed E-state index contributed by atoms with van der Waals surface area (Å²) in [5, 5.41) is 9.95. The average molecular weight is 449 g/mol. The maximum atomic E-state index is 12.8. The van der Waals surface area contributed by atoms with Crippen molar-refractivity contribution in [3.63, 3.8) is 0 Å². The summed E-state index contributed by atoms with van der Waals surface area (Å²) in [7, 11) is 1.62. The third-order valence-electron chi connectivity index (χ3n) is 5.22. The van der Waals surface area contributed by atoms with Crippen LogP contribution >= 0.6 is 11.6 Å². The highest BCUT2D eigenvalue weighted by molar-refractivity contribution is 6.33. The number of carbonyl (C=O) groups excluding carboxylic acids is 1. The first kappa shape index (κ1) is 21.5. The molecule has 0 spiro atoms. The van der Waals surface area contributed by atoms with E-state index in [-0.39, 0.29) is 11.6 Å². The number of anilines is 1. The molecular formula is C24H21ClN4O3. The molecule has 2 aromatic carbocycles. The molecule has 0 aliphatic carbocycles. The number of carbonyl (C=O) groups is 1. The number of rotatable bonds is 5. The number of nitriles is 1. The van der Waals surface area contributed by atoms with Gasteiger partial charge in [0.15, 0.2) is 0 Å². The number of piperazine rings is 1. The molecule has 2 heterocycles. The van der Waals surface area contributed by atoms with Crippen molar-refractivity contribution in [1.82, 2.24) is 9.88 Å². The van der Waals surface area contributed by atoms with Gasteiger partial charge in [0, 0.05) is 32.3 Å². The lowest BCUT2D eigenvalue weighted by Gasteiger charge is -2.34. The number of hydrogen-bond donors (Lipinski definition) is 0. The van der Waals surface area contributed by atoms with Crippen LogP contribution in [0.5, 0.6) is 5.75 Å². The second-order valence-electron chi connectivity index (χ2n) is 7.18. The van der Waals surface area contributed by atoms with Crippen LogP contribution in [0.4, 0.5) is 5.88 Å². The molecule has 1 aliphatic rings. The van der Waals surface area contributed by atoms with Crippen molar-refractivity contribution >= 4 is 35.5 Å². The summed E-state index contributed by atoms with van der Waals surface area (Å²) >= 11 is 6.16. The number of oxazole rings is 1. The summed E-state index contributed by atoms with van der Waals surface area (Å²) in [6.45, 7) is 2.04. The van der Waals surface area contributed by atoms with E-state index in [1.54, 1.807) is 42.4 Å². The van der Waals surface area contributed by atoms with Gasteiger partial charge in [-0.1, -0.05) is 35.9 Å². The number of amides is 1. The molecule has 7 nitrogen and oxygen atoms in total. The molecule has 3 aromatic rings. The highest BCUT2D eigenvalue weighted by Crippen LogP contribution is 2.25. The SMILES string of the molecule is COc1ccc(/C=C/c2nc(C#N)c(N3CCN(C(=O)c4ccccc4Cl)CC3)o2)cc1. The third kappa shape index (κ3) is 4.61. The predicted octanol–water partition coefficient (Wildman–Crippen LogP) is 4.34. The molecular weight excluding hydrogens is 428 g/mol. The topological polar surface area (TPSA) is 82.6 Å². The lowest BCUT2D eigenvalue weighted by molar-refractivity contribution is 0.0745. The normalized spacial score (nSPS) is 13.9. The monoisotopic (exact) mass is 448 g/mol. The van der Waals surface area contributed by atoms with Gasteiger partial charge < -0.3 is 19.0 Å². The van der Waals surface area contributed by atoms with Crippen LogP contribution in [0.25, 0.3) is 12.2 Å². The summed E-state index contributed by atoms with van der Waals surface area (Å²) in [6, 6.07) is 16.7. The van der Waals surface area contributed by atoms with Gasteiger partial charge in [0.05, 0.1) is 17.7 Å². The van der Waals surface area contributed by atoms with E-state index < -0.39 is 0 Å². The first-order valence-electron chi connectivity index (χ1n) is 10.1. The molecule has 1 saturated heterocycles. The quantitative estimate of drug-likeness (QED) is 0.577. The van der Waals surface area contributed by atoms with Gasteiger partial charge in [0.2, 0.25) is 17.5 Å². The maximum absolute atomic E-state index is 12.8. The van der Waals surface area contributed by atoms with Gasteiger partial charge in [-0.15, -0.1) is 0 Å². The molecule has 0 saturated carbocycles. The van der Waals surface area contributed by atoms with Crippen LogP contribution in [0, 0.1) is 11.3 Å².